The standard InChI is InChI=1S/C20H23NO3/c1-15(22)8-9-17-10-12-19(13-11-17)24-14-20(23)21-16(2)18-6-4-3-5-7-18/h3-7,10-13,16H,8-9,14H2,1-2H3,(H,21,23)/t16-/m0/s1. The van der Waals surface area contributed by atoms with Crippen LogP contribution in [0.2, 0.25) is 0 Å². The Morgan fingerprint density at radius 3 is 2.33 bits per heavy atom. The van der Waals surface area contributed by atoms with Crippen molar-refractivity contribution >= 4 is 11.7 Å². The van der Waals surface area contributed by atoms with Crippen LogP contribution in [0.25, 0.3) is 0 Å². The van der Waals surface area contributed by atoms with Crippen molar-refractivity contribution in [3.8, 4) is 5.75 Å². The third-order valence-electron chi connectivity index (χ3n) is 3.74. The smallest absolute Gasteiger partial charge is 0.258 e. The zero-order chi connectivity index (χ0) is 17.4. The van der Waals surface area contributed by atoms with E-state index in [0.717, 1.165) is 17.5 Å². The highest BCUT2D eigenvalue weighted by Gasteiger charge is 2.09. The van der Waals surface area contributed by atoms with E-state index >= 15 is 0 Å². The third-order valence-corrected chi connectivity index (χ3v) is 3.74. The molecule has 0 aromatic heterocycles. The molecule has 0 bridgehead atoms. The number of rotatable bonds is 8. The summed E-state index contributed by atoms with van der Waals surface area (Å²) in [5.74, 6) is 0.663. The maximum Gasteiger partial charge on any atom is 0.258 e. The molecule has 0 unspecified atom stereocenters. The first-order chi connectivity index (χ1) is 11.5. The van der Waals surface area contributed by atoms with Gasteiger partial charge in [0.1, 0.15) is 11.5 Å². The normalized spacial score (nSPS) is 11.6. The minimum atomic E-state index is -0.160. The molecule has 0 radical (unpaired) electrons. The van der Waals surface area contributed by atoms with Crippen molar-refractivity contribution in [3.63, 3.8) is 0 Å². The van der Waals surface area contributed by atoms with Gasteiger partial charge in [-0.2, -0.15) is 0 Å². The number of nitrogens with one attached hydrogen (secondary N) is 1. The average Bonchev–Trinajstić information content (AvgIpc) is 2.59. The van der Waals surface area contributed by atoms with E-state index in [-0.39, 0.29) is 24.3 Å². The summed E-state index contributed by atoms with van der Waals surface area (Å²) in [7, 11) is 0. The Balaban J connectivity index is 1.78. The molecule has 0 fully saturated rings. The number of carbonyl (C=O) groups is 2. The third kappa shape index (κ3) is 5.88. The summed E-state index contributed by atoms with van der Waals surface area (Å²) >= 11 is 0. The predicted molar refractivity (Wildman–Crippen MR) is 93.9 cm³/mol. The van der Waals surface area contributed by atoms with E-state index in [0.29, 0.717) is 12.2 Å². The van der Waals surface area contributed by atoms with Crippen LogP contribution < -0.4 is 10.1 Å². The van der Waals surface area contributed by atoms with E-state index in [1.807, 2.05) is 61.5 Å². The zero-order valence-corrected chi connectivity index (χ0v) is 14.1. The minimum Gasteiger partial charge on any atom is -0.484 e. The summed E-state index contributed by atoms with van der Waals surface area (Å²) in [6, 6.07) is 17.2. The molecule has 2 aromatic carbocycles. The first kappa shape index (κ1) is 17.7. The van der Waals surface area contributed by atoms with Gasteiger partial charge in [0.25, 0.3) is 5.91 Å². The van der Waals surface area contributed by atoms with E-state index in [2.05, 4.69) is 5.32 Å². The van der Waals surface area contributed by atoms with E-state index in [1.54, 1.807) is 6.92 Å². The number of benzene rings is 2. The maximum absolute atomic E-state index is 12.0. The second-order valence-corrected chi connectivity index (χ2v) is 5.83. The summed E-state index contributed by atoms with van der Waals surface area (Å²) in [6.07, 6.45) is 1.27. The summed E-state index contributed by atoms with van der Waals surface area (Å²) < 4.78 is 5.51. The van der Waals surface area contributed by atoms with Crippen LogP contribution in [-0.4, -0.2) is 18.3 Å². The monoisotopic (exact) mass is 325 g/mol. The van der Waals surface area contributed by atoms with E-state index in [4.69, 9.17) is 4.74 Å². The van der Waals surface area contributed by atoms with Gasteiger partial charge in [0.05, 0.1) is 6.04 Å². The van der Waals surface area contributed by atoms with Crippen molar-refractivity contribution in [2.24, 2.45) is 0 Å². The van der Waals surface area contributed by atoms with E-state index in [1.165, 1.54) is 0 Å². The highest BCUT2D eigenvalue weighted by molar-refractivity contribution is 5.78. The maximum atomic E-state index is 12.0. The molecule has 0 aliphatic heterocycles. The summed E-state index contributed by atoms with van der Waals surface area (Å²) in [6.45, 7) is 3.51. The molecular weight excluding hydrogens is 302 g/mol. The number of amides is 1. The van der Waals surface area contributed by atoms with Crippen LogP contribution in [0.3, 0.4) is 0 Å². The molecule has 24 heavy (non-hydrogen) atoms. The lowest BCUT2D eigenvalue weighted by Crippen LogP contribution is -2.31. The summed E-state index contributed by atoms with van der Waals surface area (Å²) in [5.41, 5.74) is 2.14. The van der Waals surface area contributed by atoms with Crippen LogP contribution in [0.5, 0.6) is 5.75 Å². The minimum absolute atomic E-state index is 0.0238. The van der Waals surface area contributed by atoms with Crippen LogP contribution >= 0.6 is 0 Å². The molecule has 0 heterocycles. The van der Waals surface area contributed by atoms with Gasteiger partial charge in [-0.15, -0.1) is 0 Å². The predicted octanol–water partition coefficient (Wildman–Crippen LogP) is 3.46. The number of hydrogen-bond acceptors (Lipinski definition) is 3. The molecule has 1 amide bonds. The Labute approximate surface area is 142 Å². The Hall–Kier alpha value is -2.62. The van der Waals surface area contributed by atoms with Gasteiger partial charge in [0.2, 0.25) is 0 Å². The Morgan fingerprint density at radius 2 is 1.71 bits per heavy atom. The fourth-order valence-corrected chi connectivity index (χ4v) is 2.33. The molecule has 4 heteroatoms. The molecule has 0 saturated heterocycles. The molecular formula is C20H23NO3. The molecule has 126 valence electrons. The lowest BCUT2D eigenvalue weighted by atomic mass is 10.1. The fraction of sp³-hybridized carbons (Fsp3) is 0.300. The van der Waals surface area contributed by atoms with Crippen molar-refractivity contribution < 1.29 is 14.3 Å². The van der Waals surface area contributed by atoms with Gasteiger partial charge >= 0.3 is 0 Å². The fourth-order valence-electron chi connectivity index (χ4n) is 2.33. The van der Waals surface area contributed by atoms with Gasteiger partial charge in [0.15, 0.2) is 6.61 Å². The Morgan fingerprint density at radius 1 is 1.04 bits per heavy atom. The topological polar surface area (TPSA) is 55.4 Å². The van der Waals surface area contributed by atoms with Gasteiger partial charge in [0, 0.05) is 6.42 Å². The quantitative estimate of drug-likeness (QED) is 0.808. The molecule has 2 aromatic rings. The number of ether oxygens (including phenoxy) is 1. The molecule has 1 atom stereocenters. The lowest BCUT2D eigenvalue weighted by molar-refractivity contribution is -0.123. The molecule has 0 aliphatic rings. The second kappa shape index (κ2) is 8.87. The van der Waals surface area contributed by atoms with E-state index < -0.39 is 0 Å². The van der Waals surface area contributed by atoms with Crippen molar-refractivity contribution in [2.75, 3.05) is 6.61 Å². The van der Waals surface area contributed by atoms with Crippen LogP contribution in [0.4, 0.5) is 0 Å². The molecule has 1 N–H and O–H groups in total. The van der Waals surface area contributed by atoms with Gasteiger partial charge in [-0.25, -0.2) is 0 Å². The van der Waals surface area contributed by atoms with Crippen LogP contribution in [0.15, 0.2) is 54.6 Å². The number of carbonyl (C=O) groups excluding carboxylic acids is 2. The van der Waals surface area contributed by atoms with Gasteiger partial charge in [-0.1, -0.05) is 42.5 Å². The zero-order valence-electron chi connectivity index (χ0n) is 14.1. The summed E-state index contributed by atoms with van der Waals surface area (Å²) in [4.78, 5) is 23.0. The van der Waals surface area contributed by atoms with Gasteiger partial charge in [-0.3, -0.25) is 4.79 Å². The van der Waals surface area contributed by atoms with Gasteiger partial charge in [-0.05, 0) is 43.5 Å². The highest BCUT2D eigenvalue weighted by Crippen LogP contribution is 2.14. The largest absolute Gasteiger partial charge is 0.484 e. The first-order valence-corrected chi connectivity index (χ1v) is 8.10. The molecule has 2 rings (SSSR count). The van der Waals surface area contributed by atoms with Crippen LogP contribution in [-0.2, 0) is 16.0 Å². The molecule has 0 aliphatic carbocycles. The molecule has 0 saturated carbocycles. The Bertz CT molecular complexity index is 665. The number of Topliss-reactive ketones (excluding diaryl/α,β-unsaturated/α-hetero) is 1. The number of hydrogen-bond donors (Lipinski definition) is 1. The highest BCUT2D eigenvalue weighted by atomic mass is 16.5. The lowest BCUT2D eigenvalue weighted by Gasteiger charge is -2.14. The summed E-state index contributed by atoms with van der Waals surface area (Å²) in [5, 5.41) is 2.91. The number of ketones is 1. The first-order valence-electron chi connectivity index (χ1n) is 8.10. The average molecular weight is 325 g/mol. The molecule has 0 spiro atoms. The SMILES string of the molecule is CC(=O)CCc1ccc(OCC(=O)N[C@@H](C)c2ccccc2)cc1. The van der Waals surface area contributed by atoms with Crippen molar-refractivity contribution in [1.82, 2.24) is 5.32 Å². The van der Waals surface area contributed by atoms with Crippen molar-refractivity contribution in [2.45, 2.75) is 32.7 Å². The van der Waals surface area contributed by atoms with Crippen LogP contribution in [0, 0.1) is 0 Å². The van der Waals surface area contributed by atoms with Crippen LogP contribution in [0.1, 0.15) is 37.4 Å². The Kier molecular flexibility index (Phi) is 6.55. The molecule has 4 nitrogen and oxygen atoms in total. The van der Waals surface area contributed by atoms with Crippen molar-refractivity contribution in [1.29, 1.82) is 0 Å². The van der Waals surface area contributed by atoms with E-state index in [9.17, 15) is 9.59 Å². The van der Waals surface area contributed by atoms with Crippen molar-refractivity contribution in [3.05, 3.63) is 65.7 Å². The number of aryl methyl sites for hydroxylation is 1. The second-order valence-electron chi connectivity index (χ2n) is 5.83. The van der Waals surface area contributed by atoms with Gasteiger partial charge < -0.3 is 14.8 Å².